The molecule has 1 unspecified atom stereocenters. The van der Waals surface area contributed by atoms with Gasteiger partial charge in [-0.05, 0) is 43.4 Å². The Balaban J connectivity index is 1.89. The minimum atomic E-state index is -0.264. The van der Waals surface area contributed by atoms with Crippen LogP contribution in [0, 0.1) is 18.7 Å². The van der Waals surface area contributed by atoms with E-state index in [1.807, 2.05) is 17.9 Å². The first kappa shape index (κ1) is 14.5. The van der Waals surface area contributed by atoms with Gasteiger partial charge in [-0.15, -0.1) is 11.3 Å². The number of aliphatic hydroxyl groups is 1. The third-order valence-corrected chi connectivity index (χ3v) is 5.45. The summed E-state index contributed by atoms with van der Waals surface area (Å²) in [5.74, 6) is 0.110. The predicted octanol–water partition coefficient (Wildman–Crippen LogP) is 3.19. The zero-order valence-corrected chi connectivity index (χ0v) is 12.8. The average molecular weight is 307 g/mol. The van der Waals surface area contributed by atoms with Gasteiger partial charge < -0.3 is 10.0 Å². The number of likely N-dealkylation sites (tertiary alicyclic amines) is 1. The van der Waals surface area contributed by atoms with Crippen LogP contribution in [0.4, 0.5) is 4.39 Å². The lowest BCUT2D eigenvalue weighted by atomic mass is 10.1. The predicted molar refractivity (Wildman–Crippen MR) is 82.2 cm³/mol. The molecule has 1 aliphatic rings. The van der Waals surface area contributed by atoms with E-state index >= 15 is 0 Å². The Labute approximate surface area is 127 Å². The van der Waals surface area contributed by atoms with Gasteiger partial charge in [0, 0.05) is 29.8 Å². The molecule has 1 aliphatic heterocycles. The van der Waals surface area contributed by atoms with Crippen molar-refractivity contribution < 1.29 is 14.3 Å². The first-order valence-corrected chi connectivity index (χ1v) is 8.01. The minimum Gasteiger partial charge on any atom is -0.396 e. The molecule has 112 valence electrons. The van der Waals surface area contributed by atoms with E-state index in [4.69, 9.17) is 5.11 Å². The molecule has 0 saturated carbocycles. The summed E-state index contributed by atoms with van der Waals surface area (Å²) in [5.41, 5.74) is 0.740. The van der Waals surface area contributed by atoms with Crippen LogP contribution in [0.2, 0.25) is 0 Å². The summed E-state index contributed by atoms with van der Waals surface area (Å²) in [6.45, 7) is 3.39. The van der Waals surface area contributed by atoms with Gasteiger partial charge in [0.2, 0.25) is 0 Å². The maximum absolute atomic E-state index is 13.9. The highest BCUT2D eigenvalue weighted by Crippen LogP contribution is 2.34. The Morgan fingerprint density at radius 3 is 3.05 bits per heavy atom. The summed E-state index contributed by atoms with van der Waals surface area (Å²) in [5, 5.41) is 9.56. The van der Waals surface area contributed by atoms with Crippen LogP contribution in [0.25, 0.3) is 10.1 Å². The number of fused-ring (bicyclic) bond motifs is 1. The Bertz CT molecular complexity index is 682. The lowest BCUT2D eigenvalue weighted by Crippen LogP contribution is -2.28. The Morgan fingerprint density at radius 2 is 2.33 bits per heavy atom. The lowest BCUT2D eigenvalue weighted by molar-refractivity contribution is 0.0789. The Kier molecular flexibility index (Phi) is 3.95. The van der Waals surface area contributed by atoms with Gasteiger partial charge in [-0.2, -0.15) is 0 Å². The first-order chi connectivity index (χ1) is 10.1. The molecular weight excluding hydrogens is 289 g/mol. The molecule has 3 rings (SSSR count). The second-order valence-corrected chi connectivity index (χ2v) is 6.64. The standard InChI is InChI=1S/C16H18FNO2S/c1-10-14-12(17)3-2-4-13(14)21-15(10)16(20)18-7-5-11(9-18)6-8-19/h2-4,11,19H,5-9H2,1H3. The Morgan fingerprint density at radius 1 is 1.52 bits per heavy atom. The molecule has 0 aliphatic carbocycles. The molecule has 1 fully saturated rings. The SMILES string of the molecule is Cc1c(C(=O)N2CCC(CCO)C2)sc2cccc(F)c12. The van der Waals surface area contributed by atoms with Crippen LogP contribution in [0.5, 0.6) is 0 Å². The van der Waals surface area contributed by atoms with Crippen molar-refractivity contribution in [3.05, 3.63) is 34.5 Å². The molecule has 0 bridgehead atoms. The number of hydrogen-bond donors (Lipinski definition) is 1. The third-order valence-electron chi connectivity index (χ3n) is 4.21. The normalized spacial score (nSPS) is 18.6. The van der Waals surface area contributed by atoms with Crippen molar-refractivity contribution in [2.45, 2.75) is 19.8 Å². The van der Waals surface area contributed by atoms with Crippen LogP contribution >= 0.6 is 11.3 Å². The van der Waals surface area contributed by atoms with Gasteiger partial charge in [0.15, 0.2) is 0 Å². The van der Waals surface area contributed by atoms with Crippen molar-refractivity contribution in [3.8, 4) is 0 Å². The number of benzene rings is 1. The quantitative estimate of drug-likeness (QED) is 0.946. The Hall–Kier alpha value is -1.46. The smallest absolute Gasteiger partial charge is 0.264 e. The molecule has 0 spiro atoms. The van der Waals surface area contributed by atoms with Gasteiger partial charge >= 0.3 is 0 Å². The maximum atomic E-state index is 13.9. The van der Waals surface area contributed by atoms with Crippen LogP contribution in [0.15, 0.2) is 18.2 Å². The van der Waals surface area contributed by atoms with Gasteiger partial charge in [-0.1, -0.05) is 6.07 Å². The van der Waals surface area contributed by atoms with Gasteiger partial charge in [-0.3, -0.25) is 4.79 Å². The number of carbonyl (C=O) groups excluding carboxylic acids is 1. The molecule has 1 aromatic carbocycles. The number of halogens is 1. The number of amides is 1. The highest BCUT2D eigenvalue weighted by molar-refractivity contribution is 7.21. The van der Waals surface area contributed by atoms with Gasteiger partial charge in [0.1, 0.15) is 5.82 Å². The fraction of sp³-hybridized carbons (Fsp3) is 0.438. The fourth-order valence-electron chi connectivity index (χ4n) is 3.04. The van der Waals surface area contributed by atoms with Gasteiger partial charge in [-0.25, -0.2) is 4.39 Å². The molecule has 1 atom stereocenters. The number of thiophene rings is 1. The van der Waals surface area contributed by atoms with Crippen LogP contribution in [0.3, 0.4) is 0 Å². The summed E-state index contributed by atoms with van der Waals surface area (Å²) in [7, 11) is 0. The minimum absolute atomic E-state index is 0.00598. The van der Waals surface area contributed by atoms with E-state index in [2.05, 4.69) is 0 Å². The van der Waals surface area contributed by atoms with Crippen molar-refractivity contribution in [3.63, 3.8) is 0 Å². The summed E-state index contributed by atoms with van der Waals surface area (Å²) in [6, 6.07) is 4.96. The fourth-order valence-corrected chi connectivity index (χ4v) is 4.23. The lowest BCUT2D eigenvalue weighted by Gasteiger charge is -2.16. The van der Waals surface area contributed by atoms with Crippen LogP contribution in [-0.2, 0) is 0 Å². The van der Waals surface area contributed by atoms with E-state index < -0.39 is 0 Å². The number of nitrogens with zero attached hydrogens (tertiary/aromatic N) is 1. The van der Waals surface area contributed by atoms with Crippen molar-refractivity contribution in [1.29, 1.82) is 0 Å². The molecule has 2 heterocycles. The number of carbonyl (C=O) groups is 1. The van der Waals surface area contributed by atoms with Crippen molar-refractivity contribution in [2.75, 3.05) is 19.7 Å². The molecule has 5 heteroatoms. The maximum Gasteiger partial charge on any atom is 0.264 e. The summed E-state index contributed by atoms with van der Waals surface area (Å²) < 4.78 is 14.7. The van der Waals surface area contributed by atoms with E-state index in [9.17, 15) is 9.18 Å². The summed E-state index contributed by atoms with van der Waals surface area (Å²) in [4.78, 5) is 15.1. The molecule has 1 N–H and O–H groups in total. The number of hydrogen-bond acceptors (Lipinski definition) is 3. The zero-order valence-electron chi connectivity index (χ0n) is 11.9. The van der Waals surface area contributed by atoms with Crippen molar-refractivity contribution in [2.24, 2.45) is 5.92 Å². The van der Waals surface area contributed by atoms with E-state index in [0.29, 0.717) is 22.7 Å². The molecule has 2 aromatic rings. The highest BCUT2D eigenvalue weighted by Gasteiger charge is 2.29. The van der Waals surface area contributed by atoms with E-state index in [1.54, 1.807) is 6.07 Å². The molecular formula is C16H18FNO2S. The molecule has 1 saturated heterocycles. The van der Waals surface area contributed by atoms with E-state index in [-0.39, 0.29) is 18.3 Å². The average Bonchev–Trinajstić information content (AvgIpc) is 3.05. The number of aryl methyl sites for hydroxylation is 1. The summed E-state index contributed by atoms with van der Waals surface area (Å²) in [6.07, 6.45) is 1.68. The first-order valence-electron chi connectivity index (χ1n) is 7.19. The highest BCUT2D eigenvalue weighted by atomic mass is 32.1. The van der Waals surface area contributed by atoms with E-state index in [1.165, 1.54) is 17.4 Å². The number of aliphatic hydroxyl groups excluding tert-OH is 1. The number of rotatable bonds is 3. The third kappa shape index (κ3) is 2.56. The molecule has 21 heavy (non-hydrogen) atoms. The second kappa shape index (κ2) is 5.73. The topological polar surface area (TPSA) is 40.5 Å². The molecule has 1 aromatic heterocycles. The monoisotopic (exact) mass is 307 g/mol. The molecule has 1 amide bonds. The molecule has 3 nitrogen and oxygen atoms in total. The summed E-state index contributed by atoms with van der Waals surface area (Å²) >= 11 is 1.37. The van der Waals surface area contributed by atoms with Gasteiger partial charge in [0.05, 0.1) is 4.88 Å². The zero-order chi connectivity index (χ0) is 15.0. The second-order valence-electron chi connectivity index (χ2n) is 5.59. The van der Waals surface area contributed by atoms with Crippen molar-refractivity contribution in [1.82, 2.24) is 4.90 Å². The molecule has 0 radical (unpaired) electrons. The van der Waals surface area contributed by atoms with Crippen LogP contribution < -0.4 is 0 Å². The van der Waals surface area contributed by atoms with Crippen molar-refractivity contribution >= 4 is 27.3 Å². The van der Waals surface area contributed by atoms with Gasteiger partial charge in [0.25, 0.3) is 5.91 Å². The van der Waals surface area contributed by atoms with E-state index in [0.717, 1.165) is 29.6 Å². The van der Waals surface area contributed by atoms with Crippen LogP contribution in [-0.4, -0.2) is 35.6 Å². The van der Waals surface area contributed by atoms with Crippen LogP contribution in [0.1, 0.15) is 28.1 Å². The largest absolute Gasteiger partial charge is 0.396 e.